The highest BCUT2D eigenvalue weighted by Crippen LogP contribution is 2.18. The standard InChI is InChI=1S/C36H51N3O8S/c1-8-9-11-16-28(38-32(42)29(23-25-14-12-10-13-15-25)39-33(43)46-35(2,3)4)31(41)37-27-19-17-26(18-20-27)24-48-22-21-30(40)45-34(44)47-36(5,6)7/h10,12-15,17-20,28-29H,8-9,11,16,21-24H2,1-7H3,(H,37,41)(H,38,42)(H,39,43)/t28-,29+/m1/s1. The highest BCUT2D eigenvalue weighted by atomic mass is 32.2. The molecule has 0 fully saturated rings. The van der Waals surface area contributed by atoms with Crippen LogP contribution >= 0.6 is 11.8 Å². The van der Waals surface area contributed by atoms with Gasteiger partial charge >= 0.3 is 18.2 Å². The second kappa shape index (κ2) is 19.7. The van der Waals surface area contributed by atoms with Crippen molar-refractivity contribution in [3.8, 4) is 0 Å². The largest absolute Gasteiger partial charge is 0.516 e. The van der Waals surface area contributed by atoms with Gasteiger partial charge in [0.25, 0.3) is 0 Å². The monoisotopic (exact) mass is 685 g/mol. The van der Waals surface area contributed by atoms with E-state index in [1.54, 1.807) is 53.7 Å². The first-order valence-electron chi connectivity index (χ1n) is 16.3. The molecule has 0 bridgehead atoms. The van der Waals surface area contributed by atoms with Crippen molar-refractivity contribution in [3.63, 3.8) is 0 Å². The lowest BCUT2D eigenvalue weighted by Gasteiger charge is -2.25. The summed E-state index contributed by atoms with van der Waals surface area (Å²) in [5, 5.41) is 8.45. The van der Waals surface area contributed by atoms with Gasteiger partial charge < -0.3 is 30.2 Å². The van der Waals surface area contributed by atoms with E-state index >= 15 is 0 Å². The second-order valence-corrected chi connectivity index (χ2v) is 14.5. The average Bonchev–Trinajstić information content (AvgIpc) is 2.98. The molecule has 0 radical (unpaired) electrons. The van der Waals surface area contributed by atoms with Crippen LogP contribution in [0.15, 0.2) is 54.6 Å². The van der Waals surface area contributed by atoms with Crippen molar-refractivity contribution >= 4 is 47.5 Å². The Bertz CT molecular complexity index is 1340. The van der Waals surface area contributed by atoms with Gasteiger partial charge in [-0.2, -0.15) is 11.8 Å². The SMILES string of the molecule is CCCCC[C@@H](NC(=O)[C@H](Cc1ccccc1)NC(=O)OC(C)(C)C)C(=O)Nc1ccc(CSCCC(=O)OC(=O)OC(C)(C)C)cc1. The Morgan fingerprint density at radius 3 is 2.00 bits per heavy atom. The minimum absolute atomic E-state index is 0.0582. The number of alkyl carbamates (subject to hydrolysis) is 1. The van der Waals surface area contributed by atoms with Gasteiger partial charge in [0, 0.05) is 23.6 Å². The molecule has 0 aliphatic rings. The van der Waals surface area contributed by atoms with Crippen molar-refractivity contribution in [1.29, 1.82) is 0 Å². The maximum Gasteiger partial charge on any atom is 0.516 e. The number of nitrogens with one attached hydrogen (secondary N) is 3. The number of ether oxygens (including phenoxy) is 3. The lowest BCUT2D eigenvalue weighted by molar-refractivity contribution is -0.141. The first kappa shape index (κ1) is 40.1. The molecule has 0 unspecified atom stereocenters. The van der Waals surface area contributed by atoms with Crippen LogP contribution in [-0.2, 0) is 40.8 Å². The number of carbonyl (C=O) groups excluding carboxylic acids is 5. The molecule has 0 aliphatic heterocycles. The molecular weight excluding hydrogens is 634 g/mol. The zero-order valence-electron chi connectivity index (χ0n) is 29.2. The molecule has 3 amide bonds. The molecule has 3 N–H and O–H groups in total. The first-order valence-corrected chi connectivity index (χ1v) is 17.4. The molecule has 0 aromatic heterocycles. The molecule has 48 heavy (non-hydrogen) atoms. The number of amides is 3. The van der Waals surface area contributed by atoms with Crippen molar-refractivity contribution in [2.45, 2.75) is 116 Å². The second-order valence-electron chi connectivity index (χ2n) is 13.4. The summed E-state index contributed by atoms with van der Waals surface area (Å²) in [6, 6.07) is 14.8. The van der Waals surface area contributed by atoms with Crippen molar-refractivity contribution < 1.29 is 38.2 Å². The number of rotatable bonds is 16. The third kappa shape index (κ3) is 17.2. The van der Waals surface area contributed by atoms with Crippen LogP contribution in [0.3, 0.4) is 0 Å². The highest BCUT2D eigenvalue weighted by molar-refractivity contribution is 7.98. The van der Waals surface area contributed by atoms with Crippen LogP contribution in [0.1, 0.15) is 91.7 Å². The van der Waals surface area contributed by atoms with Crippen LogP contribution in [0.5, 0.6) is 0 Å². The summed E-state index contributed by atoms with van der Waals surface area (Å²) in [5.41, 5.74) is 0.903. The van der Waals surface area contributed by atoms with Crippen molar-refractivity contribution in [1.82, 2.24) is 10.6 Å². The molecule has 2 aromatic carbocycles. The van der Waals surface area contributed by atoms with E-state index in [-0.39, 0.29) is 18.7 Å². The van der Waals surface area contributed by atoms with Crippen LogP contribution in [0.2, 0.25) is 0 Å². The number of anilines is 1. The van der Waals surface area contributed by atoms with E-state index in [4.69, 9.17) is 9.47 Å². The topological polar surface area (TPSA) is 149 Å². The minimum Gasteiger partial charge on any atom is -0.444 e. The van der Waals surface area contributed by atoms with Crippen molar-refractivity contribution in [3.05, 3.63) is 65.7 Å². The Labute approximate surface area is 288 Å². The Balaban J connectivity index is 1.99. The third-order valence-electron chi connectivity index (χ3n) is 6.55. The van der Waals surface area contributed by atoms with Gasteiger partial charge in [-0.15, -0.1) is 0 Å². The minimum atomic E-state index is -1.01. The van der Waals surface area contributed by atoms with Gasteiger partial charge in [0.2, 0.25) is 11.8 Å². The van der Waals surface area contributed by atoms with Gasteiger partial charge in [0.05, 0.1) is 6.42 Å². The van der Waals surface area contributed by atoms with E-state index in [0.717, 1.165) is 30.4 Å². The van der Waals surface area contributed by atoms with E-state index < -0.39 is 47.4 Å². The van der Waals surface area contributed by atoms with Crippen molar-refractivity contribution in [2.75, 3.05) is 11.1 Å². The molecular formula is C36H51N3O8S. The normalized spacial score (nSPS) is 12.6. The lowest BCUT2D eigenvalue weighted by atomic mass is 10.0. The Kier molecular flexibility index (Phi) is 16.5. The average molecular weight is 686 g/mol. The summed E-state index contributed by atoms with van der Waals surface area (Å²) in [7, 11) is 0. The van der Waals surface area contributed by atoms with Crippen LogP contribution in [0.4, 0.5) is 15.3 Å². The van der Waals surface area contributed by atoms with Crippen molar-refractivity contribution in [2.24, 2.45) is 0 Å². The number of unbranched alkanes of at least 4 members (excludes halogenated alkanes) is 2. The molecule has 2 aromatic rings. The van der Waals surface area contributed by atoms with Crippen LogP contribution in [-0.4, -0.2) is 59.1 Å². The molecule has 0 aliphatic carbocycles. The van der Waals surface area contributed by atoms with Crippen LogP contribution in [0, 0.1) is 0 Å². The number of hydrogen-bond acceptors (Lipinski definition) is 9. The number of esters is 1. The summed E-state index contributed by atoms with van der Waals surface area (Å²) in [4.78, 5) is 63.1. The van der Waals surface area contributed by atoms with Gasteiger partial charge in [0.1, 0.15) is 23.3 Å². The molecule has 11 nitrogen and oxygen atoms in total. The van der Waals surface area contributed by atoms with Crippen LogP contribution < -0.4 is 16.0 Å². The van der Waals surface area contributed by atoms with Gasteiger partial charge in [-0.05, 0) is 71.2 Å². The quantitative estimate of drug-likeness (QED) is 0.0972. The molecule has 0 spiro atoms. The zero-order chi connectivity index (χ0) is 35.7. The zero-order valence-corrected chi connectivity index (χ0v) is 30.0. The van der Waals surface area contributed by atoms with Gasteiger partial charge in [-0.1, -0.05) is 68.7 Å². The van der Waals surface area contributed by atoms with E-state index in [0.29, 0.717) is 23.6 Å². The fourth-order valence-electron chi connectivity index (χ4n) is 4.32. The predicted molar refractivity (Wildman–Crippen MR) is 188 cm³/mol. The molecule has 12 heteroatoms. The van der Waals surface area contributed by atoms with E-state index in [2.05, 4.69) is 27.6 Å². The Morgan fingerprint density at radius 2 is 1.40 bits per heavy atom. The molecule has 2 rings (SSSR count). The fourth-order valence-corrected chi connectivity index (χ4v) is 5.21. The summed E-state index contributed by atoms with van der Waals surface area (Å²) < 4.78 is 15.1. The van der Waals surface area contributed by atoms with E-state index in [1.807, 2.05) is 42.5 Å². The van der Waals surface area contributed by atoms with Gasteiger partial charge in [-0.3, -0.25) is 14.4 Å². The maximum atomic E-state index is 13.6. The third-order valence-corrected chi connectivity index (χ3v) is 7.58. The number of thioether (sulfide) groups is 1. The fraction of sp³-hybridized carbons (Fsp3) is 0.528. The van der Waals surface area contributed by atoms with Gasteiger partial charge in [0.15, 0.2) is 0 Å². The summed E-state index contributed by atoms with van der Waals surface area (Å²) in [6.45, 7) is 12.3. The Hall–Kier alpha value is -4.06. The summed E-state index contributed by atoms with van der Waals surface area (Å²) >= 11 is 1.50. The number of carbonyl (C=O) groups is 5. The van der Waals surface area contributed by atoms with Gasteiger partial charge in [-0.25, -0.2) is 9.59 Å². The molecule has 2 atom stereocenters. The molecule has 0 saturated carbocycles. The molecule has 0 heterocycles. The summed E-state index contributed by atoms with van der Waals surface area (Å²) in [6.07, 6.45) is 1.57. The van der Waals surface area contributed by atoms with Crippen LogP contribution in [0.25, 0.3) is 0 Å². The number of hydrogen-bond donors (Lipinski definition) is 3. The first-order chi connectivity index (χ1) is 22.5. The van der Waals surface area contributed by atoms with E-state index in [1.165, 1.54) is 11.8 Å². The molecule has 0 saturated heterocycles. The molecule has 264 valence electrons. The number of benzene rings is 2. The van der Waals surface area contributed by atoms with E-state index in [9.17, 15) is 24.0 Å². The maximum absolute atomic E-state index is 13.6. The lowest BCUT2D eigenvalue weighted by Crippen LogP contribution is -2.54. The predicted octanol–water partition coefficient (Wildman–Crippen LogP) is 6.93. The smallest absolute Gasteiger partial charge is 0.444 e. The highest BCUT2D eigenvalue weighted by Gasteiger charge is 2.29. The summed E-state index contributed by atoms with van der Waals surface area (Å²) in [5.74, 6) is -0.434. The Morgan fingerprint density at radius 1 is 0.750 bits per heavy atom.